The number of benzene rings is 1. The number of anilines is 1. The lowest BCUT2D eigenvalue weighted by molar-refractivity contribution is -0.147. The molecule has 0 spiro atoms. The van der Waals surface area contributed by atoms with Crippen LogP contribution in [0.3, 0.4) is 0 Å². The average molecular weight is 257 g/mol. The predicted molar refractivity (Wildman–Crippen MR) is 63.0 cm³/mol. The van der Waals surface area contributed by atoms with Gasteiger partial charge in [0.1, 0.15) is 11.9 Å². The number of carbonyl (C=O) groups is 1. The Kier molecular flexibility index (Phi) is 5.06. The third-order valence-electron chi connectivity index (χ3n) is 2.38. The number of aliphatic hydroxyl groups excluding tert-OH is 2. The maximum Gasteiger partial charge on any atom is 0.308 e. The van der Waals surface area contributed by atoms with Crippen LogP contribution in [-0.2, 0) is 9.53 Å². The monoisotopic (exact) mass is 257 g/mol. The zero-order valence-corrected chi connectivity index (χ0v) is 9.97. The van der Waals surface area contributed by atoms with Gasteiger partial charge in [-0.05, 0) is 25.1 Å². The summed E-state index contributed by atoms with van der Waals surface area (Å²) in [4.78, 5) is 11.1. The second kappa shape index (κ2) is 6.32. The maximum atomic E-state index is 13.4. The number of nitrogens with two attached hydrogens (primary N) is 1. The summed E-state index contributed by atoms with van der Waals surface area (Å²) >= 11 is 0. The number of aliphatic hydroxyl groups is 2. The smallest absolute Gasteiger partial charge is 0.308 e. The van der Waals surface area contributed by atoms with Crippen molar-refractivity contribution >= 4 is 11.7 Å². The Morgan fingerprint density at radius 1 is 1.50 bits per heavy atom. The van der Waals surface area contributed by atoms with E-state index in [0.29, 0.717) is 0 Å². The van der Waals surface area contributed by atoms with Gasteiger partial charge in [-0.1, -0.05) is 0 Å². The van der Waals surface area contributed by atoms with E-state index in [0.717, 1.165) is 6.07 Å². The van der Waals surface area contributed by atoms with Gasteiger partial charge in [0.15, 0.2) is 0 Å². The molecule has 6 heteroatoms. The number of halogens is 1. The van der Waals surface area contributed by atoms with Gasteiger partial charge >= 0.3 is 5.97 Å². The van der Waals surface area contributed by atoms with Crippen molar-refractivity contribution in [2.24, 2.45) is 0 Å². The van der Waals surface area contributed by atoms with Crippen LogP contribution in [0.4, 0.5) is 10.1 Å². The molecular weight excluding hydrogens is 241 g/mol. The van der Waals surface area contributed by atoms with Gasteiger partial charge < -0.3 is 20.7 Å². The predicted octanol–water partition coefficient (Wildman–Crippen LogP) is 0.755. The highest BCUT2D eigenvalue weighted by Crippen LogP contribution is 2.24. The SMILES string of the molecule is CCOC(=O)CC(O)C(O)c1cc(N)ccc1F. The number of ether oxygens (including phenoxy) is 1. The van der Waals surface area contributed by atoms with Gasteiger partial charge in [-0.3, -0.25) is 4.79 Å². The van der Waals surface area contributed by atoms with Crippen LogP contribution in [0.25, 0.3) is 0 Å². The summed E-state index contributed by atoms with van der Waals surface area (Å²) in [6.45, 7) is 1.80. The van der Waals surface area contributed by atoms with Crippen molar-refractivity contribution in [2.75, 3.05) is 12.3 Å². The lowest BCUT2D eigenvalue weighted by atomic mass is 10.0. The fourth-order valence-electron chi connectivity index (χ4n) is 1.50. The Hall–Kier alpha value is -1.66. The van der Waals surface area contributed by atoms with Crippen molar-refractivity contribution in [1.82, 2.24) is 0 Å². The third-order valence-corrected chi connectivity index (χ3v) is 2.38. The van der Waals surface area contributed by atoms with Gasteiger partial charge in [0, 0.05) is 11.3 Å². The molecule has 0 aromatic heterocycles. The molecule has 5 nitrogen and oxygen atoms in total. The first-order valence-electron chi connectivity index (χ1n) is 5.52. The minimum absolute atomic E-state index is 0.146. The first kappa shape index (κ1) is 14.4. The van der Waals surface area contributed by atoms with Crippen LogP contribution in [0, 0.1) is 5.82 Å². The van der Waals surface area contributed by atoms with Crippen molar-refractivity contribution in [2.45, 2.75) is 25.6 Å². The maximum absolute atomic E-state index is 13.4. The zero-order chi connectivity index (χ0) is 13.7. The lowest BCUT2D eigenvalue weighted by Gasteiger charge is -2.18. The number of rotatable bonds is 5. The van der Waals surface area contributed by atoms with Gasteiger partial charge in [-0.25, -0.2) is 4.39 Å². The number of carbonyl (C=O) groups excluding carboxylic acids is 1. The Morgan fingerprint density at radius 3 is 2.78 bits per heavy atom. The van der Waals surface area contributed by atoms with Crippen LogP contribution in [0.5, 0.6) is 0 Å². The summed E-state index contributed by atoms with van der Waals surface area (Å²) in [6.07, 6.45) is -3.39. The first-order chi connectivity index (χ1) is 8.45. The van der Waals surface area contributed by atoms with E-state index >= 15 is 0 Å². The van der Waals surface area contributed by atoms with Gasteiger partial charge in [-0.2, -0.15) is 0 Å². The van der Waals surface area contributed by atoms with Crippen molar-refractivity contribution < 1.29 is 24.1 Å². The number of esters is 1. The van der Waals surface area contributed by atoms with E-state index in [1.807, 2.05) is 0 Å². The van der Waals surface area contributed by atoms with Crippen molar-refractivity contribution in [3.05, 3.63) is 29.6 Å². The molecule has 18 heavy (non-hydrogen) atoms. The molecule has 4 N–H and O–H groups in total. The average Bonchev–Trinajstić information content (AvgIpc) is 2.31. The Bertz CT molecular complexity index is 425. The number of hydrogen-bond donors (Lipinski definition) is 3. The summed E-state index contributed by atoms with van der Waals surface area (Å²) in [6, 6.07) is 3.64. The summed E-state index contributed by atoms with van der Waals surface area (Å²) in [5, 5.41) is 19.4. The van der Waals surface area contributed by atoms with Gasteiger partial charge in [0.2, 0.25) is 0 Å². The lowest BCUT2D eigenvalue weighted by Crippen LogP contribution is -2.24. The Balaban J connectivity index is 2.76. The zero-order valence-electron chi connectivity index (χ0n) is 9.97. The van der Waals surface area contributed by atoms with E-state index in [2.05, 4.69) is 4.74 Å². The summed E-state index contributed by atoms with van der Waals surface area (Å²) in [7, 11) is 0. The largest absolute Gasteiger partial charge is 0.466 e. The second-order valence-corrected chi connectivity index (χ2v) is 3.80. The van der Waals surface area contributed by atoms with Crippen molar-refractivity contribution in [1.29, 1.82) is 0 Å². The summed E-state index contributed by atoms with van der Waals surface area (Å²) < 4.78 is 18.0. The summed E-state index contributed by atoms with van der Waals surface area (Å²) in [5.41, 5.74) is 5.57. The van der Waals surface area contributed by atoms with Crippen LogP contribution in [-0.4, -0.2) is 28.9 Å². The molecule has 2 atom stereocenters. The quantitative estimate of drug-likeness (QED) is 0.535. The molecule has 0 heterocycles. The molecule has 0 saturated carbocycles. The Morgan fingerprint density at radius 2 is 2.17 bits per heavy atom. The van der Waals surface area contributed by atoms with Crippen molar-refractivity contribution in [3.8, 4) is 0 Å². The summed E-state index contributed by atoms with van der Waals surface area (Å²) in [5.74, 6) is -1.35. The number of nitrogen functional groups attached to an aromatic ring is 1. The highest BCUT2D eigenvalue weighted by atomic mass is 19.1. The van der Waals surface area contributed by atoms with Gasteiger partial charge in [0.25, 0.3) is 0 Å². The molecule has 0 aliphatic carbocycles. The molecular formula is C12H16FNO4. The standard InChI is InChI=1S/C12H16FNO4/c1-2-18-11(16)6-10(15)12(17)8-5-7(14)3-4-9(8)13/h3-5,10,12,15,17H,2,6,14H2,1H3. The highest BCUT2D eigenvalue weighted by molar-refractivity contribution is 5.70. The fourth-order valence-corrected chi connectivity index (χ4v) is 1.50. The van der Waals surface area contributed by atoms with Gasteiger partial charge in [0.05, 0.1) is 19.1 Å². The van der Waals surface area contributed by atoms with Crippen LogP contribution >= 0.6 is 0 Å². The normalized spacial score (nSPS) is 14.0. The second-order valence-electron chi connectivity index (χ2n) is 3.80. The van der Waals surface area contributed by atoms with E-state index in [9.17, 15) is 19.4 Å². The fraction of sp³-hybridized carbons (Fsp3) is 0.417. The molecule has 100 valence electrons. The first-order valence-corrected chi connectivity index (χ1v) is 5.52. The van der Waals surface area contributed by atoms with E-state index in [1.165, 1.54) is 12.1 Å². The molecule has 0 fully saturated rings. The van der Waals surface area contributed by atoms with Crippen LogP contribution < -0.4 is 5.73 Å². The highest BCUT2D eigenvalue weighted by Gasteiger charge is 2.24. The number of hydrogen-bond acceptors (Lipinski definition) is 5. The minimum atomic E-state index is -1.53. The molecule has 0 radical (unpaired) electrons. The third kappa shape index (κ3) is 3.68. The topological polar surface area (TPSA) is 92.8 Å². The minimum Gasteiger partial charge on any atom is -0.466 e. The molecule has 0 aliphatic heterocycles. The molecule has 0 amide bonds. The molecule has 1 aromatic carbocycles. The van der Waals surface area contributed by atoms with E-state index < -0.39 is 30.4 Å². The van der Waals surface area contributed by atoms with Crippen LogP contribution in [0.15, 0.2) is 18.2 Å². The van der Waals surface area contributed by atoms with Gasteiger partial charge in [-0.15, -0.1) is 0 Å². The van der Waals surface area contributed by atoms with Crippen LogP contribution in [0.1, 0.15) is 25.0 Å². The molecule has 2 unspecified atom stereocenters. The van der Waals surface area contributed by atoms with E-state index in [1.54, 1.807) is 6.92 Å². The van der Waals surface area contributed by atoms with Crippen molar-refractivity contribution in [3.63, 3.8) is 0 Å². The molecule has 0 aliphatic rings. The Labute approximate surface area is 104 Å². The molecule has 1 aromatic rings. The van der Waals surface area contributed by atoms with E-state index in [4.69, 9.17) is 5.73 Å². The molecule has 1 rings (SSSR count). The molecule has 0 bridgehead atoms. The van der Waals surface area contributed by atoms with E-state index in [-0.39, 0.29) is 17.9 Å². The molecule has 0 saturated heterocycles. The van der Waals surface area contributed by atoms with Crippen LogP contribution in [0.2, 0.25) is 0 Å².